The third-order valence-corrected chi connectivity index (χ3v) is 14.1. The monoisotopic (exact) mass is 370 g/mol. The molecule has 0 atom stereocenters. The summed E-state index contributed by atoms with van der Waals surface area (Å²) in [6.45, 7) is 2.37. The van der Waals surface area contributed by atoms with Crippen molar-refractivity contribution in [2.45, 2.75) is 26.7 Å². The van der Waals surface area contributed by atoms with Gasteiger partial charge in [-0.2, -0.15) is 0 Å². The fourth-order valence-electron chi connectivity index (χ4n) is 1.17. The molecule has 122 valence electrons. The summed E-state index contributed by atoms with van der Waals surface area (Å²) in [5.41, 5.74) is 0. The van der Waals surface area contributed by atoms with Gasteiger partial charge < -0.3 is 0 Å². The van der Waals surface area contributed by atoms with Crippen molar-refractivity contribution in [3.8, 4) is 0 Å². The van der Waals surface area contributed by atoms with Crippen molar-refractivity contribution in [3.05, 3.63) is 0 Å². The highest BCUT2D eigenvalue weighted by Gasteiger charge is 2.29. The lowest BCUT2D eigenvalue weighted by Crippen LogP contribution is -2.23. The highest BCUT2D eigenvalue weighted by Crippen LogP contribution is 2.11. The average molecular weight is 370 g/mol. The molecular weight excluding hydrogens is 352 g/mol. The Kier molecular flexibility index (Phi) is 6.64. The molecule has 8 nitrogen and oxygen atoms in total. The van der Waals surface area contributed by atoms with Crippen molar-refractivity contribution in [3.63, 3.8) is 0 Å². The molecule has 0 heterocycles. The maximum atomic E-state index is 11.4. The lowest BCUT2D eigenvalue weighted by molar-refractivity contribution is 0.578. The molecule has 0 saturated carbocycles. The zero-order valence-corrected chi connectivity index (χ0v) is 14.4. The third kappa shape index (κ3) is 4.67. The second-order valence-corrected chi connectivity index (χ2v) is 16.5. The first kappa shape index (κ1) is 19.8. The Morgan fingerprint density at radius 2 is 0.750 bits per heavy atom. The molecule has 0 bridgehead atoms. The minimum atomic E-state index is -4.34. The van der Waals surface area contributed by atoms with Gasteiger partial charge >= 0.3 is 0 Å². The van der Waals surface area contributed by atoms with Crippen molar-refractivity contribution in [1.82, 2.24) is 0 Å². The minimum Gasteiger partial charge on any atom is -0.213 e. The maximum absolute atomic E-state index is 11.4. The summed E-state index contributed by atoms with van der Waals surface area (Å²) in [7, 11) is -17.2. The Morgan fingerprint density at radius 3 is 0.950 bits per heavy atom. The average Bonchev–Trinajstić information content (AvgIpc) is 2.34. The van der Waals surface area contributed by atoms with Gasteiger partial charge in [-0.1, -0.05) is 13.8 Å². The van der Waals surface area contributed by atoms with E-state index in [0.717, 1.165) is 0 Å². The molecule has 0 spiro atoms. The van der Waals surface area contributed by atoms with Crippen molar-refractivity contribution in [2.75, 3.05) is 23.0 Å². The SMILES string of the molecule is CCS(=O)(=O)S(=O)(=O)CCCCS(=O)(=O)S(=O)(=O)CC. The van der Waals surface area contributed by atoms with E-state index < -0.39 is 58.5 Å². The molecule has 0 rings (SSSR count). The molecule has 0 aromatic rings. The maximum Gasteiger partial charge on any atom is 0.253 e. The van der Waals surface area contributed by atoms with Crippen LogP contribution in [-0.4, -0.2) is 56.7 Å². The van der Waals surface area contributed by atoms with E-state index in [1.807, 2.05) is 0 Å². The first-order valence-electron chi connectivity index (χ1n) is 5.74. The van der Waals surface area contributed by atoms with E-state index in [2.05, 4.69) is 0 Å². The first-order chi connectivity index (χ1) is 8.83. The van der Waals surface area contributed by atoms with Gasteiger partial charge in [-0.15, -0.1) is 0 Å². The number of unbranched alkanes of at least 4 members (excludes halogenated alkanes) is 1. The van der Waals surface area contributed by atoms with Crippen LogP contribution >= 0.6 is 0 Å². The topological polar surface area (TPSA) is 137 Å². The number of hydrogen-bond acceptors (Lipinski definition) is 8. The van der Waals surface area contributed by atoms with Crippen molar-refractivity contribution in [2.24, 2.45) is 0 Å². The van der Waals surface area contributed by atoms with Gasteiger partial charge in [0.15, 0.2) is 0 Å². The molecule has 0 unspecified atom stereocenters. The van der Waals surface area contributed by atoms with Crippen molar-refractivity contribution < 1.29 is 33.7 Å². The molecule has 0 aromatic carbocycles. The highest BCUT2D eigenvalue weighted by molar-refractivity contribution is 8.67. The van der Waals surface area contributed by atoms with Gasteiger partial charge in [-0.25, -0.2) is 33.7 Å². The Bertz CT molecular complexity index is 658. The minimum absolute atomic E-state index is 0.236. The first-order valence-corrected chi connectivity index (χ1v) is 13.4. The largest absolute Gasteiger partial charge is 0.253 e. The van der Waals surface area contributed by atoms with E-state index in [1.165, 1.54) is 13.8 Å². The molecule has 12 heteroatoms. The summed E-state index contributed by atoms with van der Waals surface area (Å²) in [6.07, 6.45) is -0.472. The highest BCUT2D eigenvalue weighted by atomic mass is 33.2. The van der Waals surface area contributed by atoms with E-state index in [9.17, 15) is 33.7 Å². The molecule has 0 fully saturated rings. The van der Waals surface area contributed by atoms with E-state index in [-0.39, 0.29) is 12.8 Å². The van der Waals surface area contributed by atoms with Gasteiger partial charge in [0.05, 0.1) is 23.0 Å². The summed E-state index contributed by atoms with van der Waals surface area (Å²) in [5.74, 6) is -2.55. The van der Waals surface area contributed by atoms with Gasteiger partial charge in [-0.3, -0.25) is 0 Å². The van der Waals surface area contributed by atoms with Crippen LogP contribution in [0, 0.1) is 0 Å². The van der Waals surface area contributed by atoms with Gasteiger partial charge in [0.1, 0.15) is 0 Å². The van der Waals surface area contributed by atoms with Crippen LogP contribution in [0.25, 0.3) is 0 Å². The second kappa shape index (κ2) is 6.71. The summed E-state index contributed by atoms with van der Waals surface area (Å²) >= 11 is 0. The third-order valence-electron chi connectivity index (χ3n) is 2.52. The summed E-state index contributed by atoms with van der Waals surface area (Å²) in [6, 6.07) is 0. The van der Waals surface area contributed by atoms with Gasteiger partial charge in [-0.05, 0) is 12.8 Å². The fraction of sp³-hybridized carbons (Fsp3) is 1.00. The van der Waals surface area contributed by atoms with E-state index in [0.29, 0.717) is 0 Å². The standard InChI is InChI=1S/C8H18O8S4/c1-3-17(9,10)19(13,14)7-5-6-8-20(15,16)18(11,12)4-2/h3-8H2,1-2H3. The summed E-state index contributed by atoms with van der Waals surface area (Å²) < 4.78 is 90.5. The molecular formula is C8H18O8S4. The van der Waals surface area contributed by atoms with Crippen LogP contribution in [0.2, 0.25) is 0 Å². The quantitative estimate of drug-likeness (QED) is 0.383. The molecule has 20 heavy (non-hydrogen) atoms. The predicted octanol–water partition coefficient (Wildman–Crippen LogP) is -0.704. The van der Waals surface area contributed by atoms with Crippen LogP contribution in [0.1, 0.15) is 26.7 Å². The smallest absolute Gasteiger partial charge is 0.213 e. The fourth-order valence-corrected chi connectivity index (χ4v) is 7.90. The Morgan fingerprint density at radius 1 is 0.500 bits per heavy atom. The van der Waals surface area contributed by atoms with Crippen LogP contribution in [0.4, 0.5) is 0 Å². The van der Waals surface area contributed by atoms with Gasteiger partial charge in [0.2, 0.25) is 0 Å². The second-order valence-electron chi connectivity index (χ2n) is 3.92. The molecule has 0 aromatic heterocycles. The number of hydrogen-bond donors (Lipinski definition) is 0. The zero-order chi connectivity index (χ0) is 16.2. The van der Waals surface area contributed by atoms with Crippen LogP contribution in [0.5, 0.6) is 0 Å². The molecule has 0 radical (unpaired) electrons. The molecule has 0 amide bonds. The van der Waals surface area contributed by atoms with Crippen molar-refractivity contribution >= 4 is 35.5 Å². The van der Waals surface area contributed by atoms with E-state index in [4.69, 9.17) is 0 Å². The van der Waals surface area contributed by atoms with Crippen molar-refractivity contribution in [1.29, 1.82) is 0 Å². The molecule has 0 aliphatic rings. The molecule has 0 saturated heterocycles. The summed E-state index contributed by atoms with van der Waals surface area (Å²) in [5, 5.41) is 0. The zero-order valence-electron chi connectivity index (χ0n) is 11.1. The predicted molar refractivity (Wildman–Crippen MR) is 75.7 cm³/mol. The Labute approximate surface area is 119 Å². The van der Waals surface area contributed by atoms with Crippen LogP contribution < -0.4 is 0 Å². The molecule has 0 aliphatic carbocycles. The Balaban J connectivity index is 4.67. The van der Waals surface area contributed by atoms with E-state index in [1.54, 1.807) is 0 Å². The number of rotatable bonds is 9. The molecule has 0 N–H and O–H groups in total. The lowest BCUT2D eigenvalue weighted by Gasteiger charge is -2.05. The Hall–Kier alpha value is -0.200. The van der Waals surface area contributed by atoms with Crippen LogP contribution in [0.15, 0.2) is 0 Å². The van der Waals surface area contributed by atoms with Gasteiger partial charge in [0.25, 0.3) is 35.5 Å². The van der Waals surface area contributed by atoms with Gasteiger partial charge in [0, 0.05) is 0 Å². The lowest BCUT2D eigenvalue weighted by atomic mass is 10.4. The summed E-state index contributed by atoms with van der Waals surface area (Å²) in [4.78, 5) is 0. The van der Waals surface area contributed by atoms with Crippen LogP contribution in [0.3, 0.4) is 0 Å². The normalized spacial score (nSPS) is 14.3. The van der Waals surface area contributed by atoms with Crippen LogP contribution in [-0.2, 0) is 35.5 Å². The molecule has 0 aliphatic heterocycles. The van der Waals surface area contributed by atoms with E-state index >= 15 is 0 Å².